The zero-order valence-electron chi connectivity index (χ0n) is 12.1. The first-order valence-electron chi connectivity index (χ1n) is 6.98. The number of aliphatic hydroxyl groups excluding tert-OH is 1. The maximum Gasteiger partial charge on any atom is 0.137 e. The fraction of sp³-hybridized carbons (Fsp3) is 0.667. The van der Waals surface area contributed by atoms with Crippen LogP contribution < -0.4 is 4.74 Å². The molecule has 1 saturated heterocycles. The summed E-state index contributed by atoms with van der Waals surface area (Å²) in [4.78, 5) is 6.51. The molecule has 1 N–H and O–H groups in total. The first-order chi connectivity index (χ1) is 9.05. The Balaban J connectivity index is 2.18. The van der Waals surface area contributed by atoms with Crippen LogP contribution in [0, 0.1) is 0 Å². The topological polar surface area (TPSA) is 45.6 Å². The van der Waals surface area contributed by atoms with Crippen LogP contribution in [-0.4, -0.2) is 40.7 Å². The molecule has 19 heavy (non-hydrogen) atoms. The Morgan fingerprint density at radius 3 is 2.58 bits per heavy atom. The van der Waals surface area contributed by atoms with E-state index in [2.05, 4.69) is 23.7 Å². The second kappa shape index (κ2) is 5.88. The Hall–Kier alpha value is -1.13. The monoisotopic (exact) mass is 264 g/mol. The first kappa shape index (κ1) is 14.3. The van der Waals surface area contributed by atoms with Gasteiger partial charge in [0.1, 0.15) is 5.75 Å². The van der Waals surface area contributed by atoms with Gasteiger partial charge in [0.15, 0.2) is 0 Å². The number of rotatable bonds is 4. The highest BCUT2D eigenvalue weighted by Crippen LogP contribution is 2.33. The lowest BCUT2D eigenvalue weighted by Crippen LogP contribution is -2.50. The molecule has 1 aromatic rings. The van der Waals surface area contributed by atoms with Crippen LogP contribution in [-0.2, 0) is 0 Å². The van der Waals surface area contributed by atoms with Gasteiger partial charge in [-0.15, -0.1) is 0 Å². The molecule has 0 amide bonds. The number of ether oxygens (including phenoxy) is 1. The van der Waals surface area contributed by atoms with Crippen LogP contribution in [0.3, 0.4) is 0 Å². The van der Waals surface area contributed by atoms with Crippen LogP contribution in [0.25, 0.3) is 0 Å². The summed E-state index contributed by atoms with van der Waals surface area (Å²) in [5.41, 5.74) is 0.531. The molecular formula is C15H24N2O2. The molecule has 4 heteroatoms. The molecule has 1 aliphatic rings. The van der Waals surface area contributed by atoms with E-state index in [1.165, 1.54) is 19.3 Å². The summed E-state index contributed by atoms with van der Waals surface area (Å²) in [7, 11) is 1.61. The van der Waals surface area contributed by atoms with Gasteiger partial charge >= 0.3 is 0 Å². The predicted octanol–water partition coefficient (Wildman–Crippen LogP) is 2.39. The lowest BCUT2D eigenvalue weighted by Gasteiger charge is -2.44. The van der Waals surface area contributed by atoms with E-state index in [9.17, 15) is 5.11 Å². The van der Waals surface area contributed by atoms with E-state index in [0.29, 0.717) is 5.75 Å². The normalized spacial score (nSPS) is 19.2. The van der Waals surface area contributed by atoms with Crippen molar-refractivity contribution in [1.29, 1.82) is 0 Å². The highest BCUT2D eigenvalue weighted by atomic mass is 16.5. The van der Waals surface area contributed by atoms with Gasteiger partial charge in [-0.25, -0.2) is 0 Å². The lowest BCUT2D eigenvalue weighted by molar-refractivity contribution is -0.0211. The van der Waals surface area contributed by atoms with Gasteiger partial charge in [-0.3, -0.25) is 9.88 Å². The van der Waals surface area contributed by atoms with E-state index in [0.717, 1.165) is 18.7 Å². The van der Waals surface area contributed by atoms with E-state index in [-0.39, 0.29) is 5.54 Å². The minimum absolute atomic E-state index is 0.283. The SMILES string of the molecule is COc1cncc(C(O)C(C)(C)N2CCCCC2)c1. The average molecular weight is 264 g/mol. The molecule has 0 aliphatic carbocycles. The zero-order chi connectivity index (χ0) is 13.9. The number of aliphatic hydroxyl groups is 1. The molecular weight excluding hydrogens is 240 g/mol. The van der Waals surface area contributed by atoms with Gasteiger partial charge in [-0.1, -0.05) is 6.42 Å². The molecule has 106 valence electrons. The summed E-state index contributed by atoms with van der Waals surface area (Å²) >= 11 is 0. The number of aromatic nitrogens is 1. The second-order valence-corrected chi connectivity index (χ2v) is 5.76. The molecule has 2 rings (SSSR count). The summed E-state index contributed by atoms with van der Waals surface area (Å²) in [6.45, 7) is 6.31. The number of pyridine rings is 1. The number of hydrogen-bond acceptors (Lipinski definition) is 4. The molecule has 0 radical (unpaired) electrons. The molecule has 4 nitrogen and oxygen atoms in total. The zero-order valence-corrected chi connectivity index (χ0v) is 12.1. The molecule has 1 aliphatic heterocycles. The smallest absolute Gasteiger partial charge is 0.137 e. The number of hydrogen-bond donors (Lipinski definition) is 1. The van der Waals surface area contributed by atoms with Crippen LogP contribution in [0.2, 0.25) is 0 Å². The third kappa shape index (κ3) is 3.07. The van der Waals surface area contributed by atoms with Gasteiger partial charge in [0.2, 0.25) is 0 Å². The van der Waals surface area contributed by atoms with Gasteiger partial charge in [-0.05, 0) is 45.8 Å². The number of likely N-dealkylation sites (tertiary alicyclic amines) is 1. The van der Waals surface area contributed by atoms with Gasteiger partial charge in [0, 0.05) is 17.3 Å². The molecule has 0 saturated carbocycles. The van der Waals surface area contributed by atoms with Crippen molar-refractivity contribution in [3.63, 3.8) is 0 Å². The standard InChI is InChI=1S/C15H24N2O2/c1-15(2,17-7-5-4-6-8-17)14(18)12-9-13(19-3)11-16-10-12/h9-11,14,18H,4-8H2,1-3H3. The Labute approximate surface area is 115 Å². The summed E-state index contributed by atoms with van der Waals surface area (Å²) in [5, 5.41) is 10.7. The number of methoxy groups -OCH3 is 1. The van der Waals surface area contributed by atoms with Crippen molar-refractivity contribution in [3.05, 3.63) is 24.0 Å². The summed E-state index contributed by atoms with van der Waals surface area (Å²) in [5.74, 6) is 0.686. The fourth-order valence-corrected chi connectivity index (χ4v) is 2.75. The quantitative estimate of drug-likeness (QED) is 0.907. The van der Waals surface area contributed by atoms with Crippen LogP contribution in [0.4, 0.5) is 0 Å². The highest BCUT2D eigenvalue weighted by molar-refractivity contribution is 5.27. The largest absolute Gasteiger partial charge is 0.495 e. The minimum atomic E-state index is -0.562. The summed E-state index contributed by atoms with van der Waals surface area (Å²) in [6.07, 6.45) is 6.54. The Kier molecular flexibility index (Phi) is 4.42. The fourth-order valence-electron chi connectivity index (χ4n) is 2.75. The van der Waals surface area contributed by atoms with Crippen LogP contribution in [0.5, 0.6) is 5.75 Å². The first-order valence-corrected chi connectivity index (χ1v) is 6.98. The molecule has 0 aromatic carbocycles. The van der Waals surface area contributed by atoms with Gasteiger partial charge in [0.05, 0.1) is 19.4 Å². The van der Waals surface area contributed by atoms with Gasteiger partial charge in [0.25, 0.3) is 0 Å². The number of piperidine rings is 1. The predicted molar refractivity (Wildman–Crippen MR) is 75.3 cm³/mol. The van der Waals surface area contributed by atoms with E-state index in [1.54, 1.807) is 19.5 Å². The molecule has 2 heterocycles. The van der Waals surface area contributed by atoms with Crippen LogP contribution in [0.1, 0.15) is 44.8 Å². The van der Waals surface area contributed by atoms with Crippen molar-refractivity contribution in [3.8, 4) is 5.75 Å². The van der Waals surface area contributed by atoms with Crippen molar-refractivity contribution in [2.24, 2.45) is 0 Å². The Bertz CT molecular complexity index is 414. The maximum absolute atomic E-state index is 10.7. The minimum Gasteiger partial charge on any atom is -0.495 e. The third-order valence-corrected chi connectivity index (χ3v) is 4.13. The summed E-state index contributed by atoms with van der Waals surface area (Å²) < 4.78 is 5.18. The van der Waals surface area contributed by atoms with Gasteiger partial charge in [-0.2, -0.15) is 0 Å². The Morgan fingerprint density at radius 1 is 1.26 bits per heavy atom. The van der Waals surface area contributed by atoms with Crippen LogP contribution >= 0.6 is 0 Å². The van der Waals surface area contributed by atoms with Crippen molar-refractivity contribution < 1.29 is 9.84 Å². The van der Waals surface area contributed by atoms with Crippen LogP contribution in [0.15, 0.2) is 18.5 Å². The average Bonchev–Trinajstić information content (AvgIpc) is 2.47. The second-order valence-electron chi connectivity index (χ2n) is 5.76. The van der Waals surface area contributed by atoms with Crippen molar-refractivity contribution in [2.75, 3.05) is 20.2 Å². The van der Waals surface area contributed by atoms with Crippen molar-refractivity contribution in [2.45, 2.75) is 44.8 Å². The maximum atomic E-state index is 10.7. The lowest BCUT2D eigenvalue weighted by atomic mass is 9.88. The Morgan fingerprint density at radius 2 is 1.95 bits per heavy atom. The van der Waals surface area contributed by atoms with Crippen molar-refractivity contribution in [1.82, 2.24) is 9.88 Å². The third-order valence-electron chi connectivity index (χ3n) is 4.13. The van der Waals surface area contributed by atoms with E-state index < -0.39 is 6.10 Å². The molecule has 0 bridgehead atoms. The molecule has 1 unspecified atom stereocenters. The highest BCUT2D eigenvalue weighted by Gasteiger charge is 2.36. The molecule has 0 spiro atoms. The van der Waals surface area contributed by atoms with Crippen molar-refractivity contribution >= 4 is 0 Å². The van der Waals surface area contributed by atoms with E-state index >= 15 is 0 Å². The van der Waals surface area contributed by atoms with E-state index in [4.69, 9.17) is 4.74 Å². The summed E-state index contributed by atoms with van der Waals surface area (Å²) in [6, 6.07) is 1.86. The molecule has 1 fully saturated rings. The molecule has 1 aromatic heterocycles. The molecule has 1 atom stereocenters. The number of nitrogens with zero attached hydrogens (tertiary/aromatic N) is 2. The van der Waals surface area contributed by atoms with Gasteiger partial charge < -0.3 is 9.84 Å². The van der Waals surface area contributed by atoms with E-state index in [1.807, 2.05) is 6.07 Å².